The van der Waals surface area contributed by atoms with Gasteiger partial charge in [0.1, 0.15) is 0 Å². The van der Waals surface area contributed by atoms with Crippen LogP contribution >= 0.6 is 0 Å². The molecular formula is C11H18FN5O. The fraction of sp³-hybridized carbons (Fsp3) is 0.545. The third-order valence-corrected chi connectivity index (χ3v) is 2.07. The standard InChI is InChI=1S/C11H18FN5O/c1-3-5-14-9(18)7-15-10-8(12)6-16-11(17-10)13-4-2/h6H,3-5,7H2,1-2H3,(H,14,18)(H2,13,15,16,17). The molecule has 1 amide bonds. The zero-order valence-electron chi connectivity index (χ0n) is 10.6. The van der Waals surface area contributed by atoms with Crippen LogP contribution in [0.4, 0.5) is 16.2 Å². The number of halogens is 1. The Labute approximate surface area is 105 Å². The van der Waals surface area contributed by atoms with E-state index in [1.165, 1.54) is 0 Å². The van der Waals surface area contributed by atoms with E-state index in [2.05, 4.69) is 25.9 Å². The van der Waals surface area contributed by atoms with Crippen LogP contribution in [0.1, 0.15) is 20.3 Å². The summed E-state index contributed by atoms with van der Waals surface area (Å²) in [5.74, 6) is -0.428. The van der Waals surface area contributed by atoms with E-state index in [0.717, 1.165) is 12.6 Å². The van der Waals surface area contributed by atoms with E-state index in [0.29, 0.717) is 19.0 Å². The van der Waals surface area contributed by atoms with Crippen molar-refractivity contribution in [1.82, 2.24) is 15.3 Å². The van der Waals surface area contributed by atoms with E-state index in [1.54, 1.807) is 0 Å². The van der Waals surface area contributed by atoms with Gasteiger partial charge in [-0.3, -0.25) is 4.79 Å². The Morgan fingerprint density at radius 3 is 2.83 bits per heavy atom. The van der Waals surface area contributed by atoms with Crippen molar-refractivity contribution in [2.75, 3.05) is 30.3 Å². The summed E-state index contributed by atoms with van der Waals surface area (Å²) < 4.78 is 13.4. The molecule has 0 fully saturated rings. The van der Waals surface area contributed by atoms with Crippen LogP contribution in [0.3, 0.4) is 0 Å². The smallest absolute Gasteiger partial charge is 0.239 e. The van der Waals surface area contributed by atoms with Crippen molar-refractivity contribution >= 4 is 17.7 Å². The van der Waals surface area contributed by atoms with Crippen molar-refractivity contribution in [3.8, 4) is 0 Å². The second kappa shape index (κ2) is 7.41. The van der Waals surface area contributed by atoms with Crippen molar-refractivity contribution in [2.24, 2.45) is 0 Å². The van der Waals surface area contributed by atoms with E-state index in [4.69, 9.17) is 0 Å². The molecule has 3 N–H and O–H groups in total. The molecule has 0 saturated heterocycles. The predicted octanol–water partition coefficient (Wildman–Crippen LogP) is 0.986. The minimum absolute atomic E-state index is 0.0144. The van der Waals surface area contributed by atoms with Crippen LogP contribution in [0, 0.1) is 5.82 Å². The Morgan fingerprint density at radius 1 is 1.39 bits per heavy atom. The zero-order chi connectivity index (χ0) is 13.4. The van der Waals surface area contributed by atoms with Gasteiger partial charge in [0.25, 0.3) is 0 Å². The van der Waals surface area contributed by atoms with Gasteiger partial charge in [0.05, 0.1) is 12.7 Å². The molecule has 100 valence electrons. The van der Waals surface area contributed by atoms with E-state index in [1.807, 2.05) is 13.8 Å². The number of aromatic nitrogens is 2. The minimum Gasteiger partial charge on any atom is -0.358 e. The molecule has 0 aromatic carbocycles. The lowest BCUT2D eigenvalue weighted by molar-refractivity contribution is -0.119. The van der Waals surface area contributed by atoms with Gasteiger partial charge in [0.2, 0.25) is 11.9 Å². The highest BCUT2D eigenvalue weighted by Crippen LogP contribution is 2.11. The number of carbonyl (C=O) groups excluding carboxylic acids is 1. The number of nitrogens with zero attached hydrogens (tertiary/aromatic N) is 2. The van der Waals surface area contributed by atoms with Gasteiger partial charge in [-0.05, 0) is 13.3 Å². The van der Waals surface area contributed by atoms with Crippen molar-refractivity contribution in [3.05, 3.63) is 12.0 Å². The molecule has 0 unspecified atom stereocenters. The highest BCUT2D eigenvalue weighted by atomic mass is 19.1. The highest BCUT2D eigenvalue weighted by Gasteiger charge is 2.08. The molecule has 0 spiro atoms. The van der Waals surface area contributed by atoms with Crippen LogP contribution in [0.2, 0.25) is 0 Å². The number of hydrogen-bond donors (Lipinski definition) is 3. The molecule has 0 aliphatic rings. The third kappa shape index (κ3) is 4.52. The molecular weight excluding hydrogens is 237 g/mol. The van der Waals surface area contributed by atoms with Crippen LogP contribution in [0.5, 0.6) is 0 Å². The maximum atomic E-state index is 13.4. The summed E-state index contributed by atoms with van der Waals surface area (Å²) in [7, 11) is 0. The molecule has 1 rings (SSSR count). The number of carbonyl (C=O) groups is 1. The first kappa shape index (κ1) is 14.1. The average Bonchev–Trinajstić information content (AvgIpc) is 2.37. The second-order valence-corrected chi connectivity index (χ2v) is 3.62. The van der Waals surface area contributed by atoms with Crippen molar-refractivity contribution in [2.45, 2.75) is 20.3 Å². The van der Waals surface area contributed by atoms with Crippen molar-refractivity contribution in [1.29, 1.82) is 0 Å². The SMILES string of the molecule is CCCNC(=O)CNc1nc(NCC)ncc1F. The maximum Gasteiger partial charge on any atom is 0.239 e. The second-order valence-electron chi connectivity index (χ2n) is 3.62. The first-order chi connectivity index (χ1) is 8.67. The molecule has 1 aromatic heterocycles. The summed E-state index contributed by atoms with van der Waals surface area (Å²) in [6.45, 7) is 5.08. The summed E-state index contributed by atoms with van der Waals surface area (Å²) in [4.78, 5) is 19.0. The van der Waals surface area contributed by atoms with Crippen molar-refractivity contribution in [3.63, 3.8) is 0 Å². The van der Waals surface area contributed by atoms with Gasteiger partial charge in [-0.1, -0.05) is 6.92 Å². The average molecular weight is 255 g/mol. The van der Waals surface area contributed by atoms with Crippen LogP contribution in [-0.2, 0) is 4.79 Å². The number of amides is 1. The van der Waals surface area contributed by atoms with E-state index >= 15 is 0 Å². The van der Waals surface area contributed by atoms with E-state index in [9.17, 15) is 9.18 Å². The fourth-order valence-electron chi connectivity index (χ4n) is 1.23. The molecule has 18 heavy (non-hydrogen) atoms. The van der Waals surface area contributed by atoms with Crippen LogP contribution in [-0.4, -0.2) is 35.5 Å². The molecule has 0 saturated carbocycles. The van der Waals surface area contributed by atoms with Gasteiger partial charge in [-0.15, -0.1) is 0 Å². The van der Waals surface area contributed by atoms with E-state index < -0.39 is 5.82 Å². The topological polar surface area (TPSA) is 78.9 Å². The summed E-state index contributed by atoms with van der Waals surface area (Å²) in [5.41, 5.74) is 0. The summed E-state index contributed by atoms with van der Waals surface area (Å²) in [6.07, 6.45) is 1.93. The predicted molar refractivity (Wildman–Crippen MR) is 67.9 cm³/mol. The molecule has 0 aliphatic heterocycles. The lowest BCUT2D eigenvalue weighted by Crippen LogP contribution is -2.30. The van der Waals surface area contributed by atoms with E-state index in [-0.39, 0.29) is 18.3 Å². The van der Waals surface area contributed by atoms with Gasteiger partial charge >= 0.3 is 0 Å². The summed E-state index contributed by atoms with van der Waals surface area (Å²) >= 11 is 0. The molecule has 0 atom stereocenters. The molecule has 7 heteroatoms. The Bertz CT molecular complexity index is 399. The highest BCUT2D eigenvalue weighted by molar-refractivity contribution is 5.80. The van der Waals surface area contributed by atoms with Gasteiger partial charge in [0, 0.05) is 13.1 Å². The first-order valence-corrected chi connectivity index (χ1v) is 5.94. The zero-order valence-corrected chi connectivity index (χ0v) is 10.6. The van der Waals surface area contributed by atoms with Gasteiger partial charge in [-0.25, -0.2) is 9.37 Å². The van der Waals surface area contributed by atoms with Crippen LogP contribution in [0.25, 0.3) is 0 Å². The minimum atomic E-state index is -0.583. The molecule has 1 aromatic rings. The number of hydrogen-bond acceptors (Lipinski definition) is 5. The molecule has 1 heterocycles. The number of rotatable bonds is 7. The Hall–Kier alpha value is -1.92. The largest absolute Gasteiger partial charge is 0.358 e. The number of nitrogens with one attached hydrogen (secondary N) is 3. The first-order valence-electron chi connectivity index (χ1n) is 5.94. The summed E-state index contributed by atoms with van der Waals surface area (Å²) in [6, 6.07) is 0. The van der Waals surface area contributed by atoms with Gasteiger partial charge in [-0.2, -0.15) is 4.98 Å². The normalized spacial score (nSPS) is 9.94. The molecule has 0 radical (unpaired) electrons. The lowest BCUT2D eigenvalue weighted by Gasteiger charge is -2.08. The Balaban J connectivity index is 2.55. The lowest BCUT2D eigenvalue weighted by atomic mass is 10.4. The number of anilines is 2. The van der Waals surface area contributed by atoms with Crippen LogP contribution in [0.15, 0.2) is 6.20 Å². The van der Waals surface area contributed by atoms with Gasteiger partial charge in [0.15, 0.2) is 11.6 Å². The van der Waals surface area contributed by atoms with Crippen molar-refractivity contribution < 1.29 is 9.18 Å². The quantitative estimate of drug-likeness (QED) is 0.677. The third-order valence-electron chi connectivity index (χ3n) is 2.07. The monoisotopic (exact) mass is 255 g/mol. The Kier molecular flexibility index (Phi) is 5.83. The molecule has 0 bridgehead atoms. The molecule has 0 aliphatic carbocycles. The van der Waals surface area contributed by atoms with Gasteiger partial charge < -0.3 is 16.0 Å². The Morgan fingerprint density at radius 2 is 2.17 bits per heavy atom. The van der Waals surface area contributed by atoms with Crippen LogP contribution < -0.4 is 16.0 Å². The molecule has 6 nitrogen and oxygen atoms in total. The fourth-order valence-corrected chi connectivity index (χ4v) is 1.23. The summed E-state index contributed by atoms with van der Waals surface area (Å²) in [5, 5.41) is 8.19. The maximum absolute atomic E-state index is 13.4.